The second kappa shape index (κ2) is 8.26. The first kappa shape index (κ1) is 20.4. The maximum atomic E-state index is 11.0. The molecule has 0 saturated heterocycles. The molecular weight excluding hydrogens is 262 g/mol. The summed E-state index contributed by atoms with van der Waals surface area (Å²) in [5.74, 6) is -3.74. The molecule has 114 valence electrons. The summed E-state index contributed by atoms with van der Waals surface area (Å²) >= 11 is 0. The van der Waals surface area contributed by atoms with E-state index in [0.29, 0.717) is 0 Å². The highest BCUT2D eigenvalue weighted by atomic mass is 16.4. The molecular formula is C13H23N3O4. The fraction of sp³-hybridized carbons (Fsp3) is 0.385. The van der Waals surface area contributed by atoms with Gasteiger partial charge in [0.1, 0.15) is 0 Å². The number of carboxylic acids is 2. The van der Waals surface area contributed by atoms with E-state index in [1.807, 2.05) is 6.07 Å². The van der Waals surface area contributed by atoms with Gasteiger partial charge in [-0.15, -0.1) is 0 Å². The number of quaternary nitrogens is 2. The van der Waals surface area contributed by atoms with Gasteiger partial charge in [0.25, 0.3) is 0 Å². The predicted octanol–water partition coefficient (Wildman–Crippen LogP) is -0.795. The van der Waals surface area contributed by atoms with E-state index in [2.05, 4.69) is 0 Å². The molecule has 0 spiro atoms. The van der Waals surface area contributed by atoms with E-state index in [4.69, 9.17) is 5.73 Å². The molecule has 2 atom stereocenters. The molecule has 0 saturated carbocycles. The first-order valence-corrected chi connectivity index (χ1v) is 5.58. The number of hydrogen-bond acceptors (Lipinski definition) is 5. The molecule has 7 nitrogen and oxygen atoms in total. The van der Waals surface area contributed by atoms with Crippen LogP contribution in [0.1, 0.15) is 18.9 Å². The molecule has 0 radical (unpaired) electrons. The van der Waals surface area contributed by atoms with Crippen molar-refractivity contribution in [3.8, 4) is 0 Å². The maximum absolute atomic E-state index is 11.0. The van der Waals surface area contributed by atoms with Gasteiger partial charge in [0, 0.05) is 11.9 Å². The molecule has 1 aromatic carbocycles. The fourth-order valence-corrected chi connectivity index (χ4v) is 1.73. The molecule has 20 heavy (non-hydrogen) atoms. The number of rotatable bonds is 6. The first-order valence-electron chi connectivity index (χ1n) is 5.58. The third-order valence-electron chi connectivity index (χ3n) is 2.80. The van der Waals surface area contributed by atoms with Crippen LogP contribution >= 0.6 is 0 Å². The van der Waals surface area contributed by atoms with Gasteiger partial charge in [-0.1, -0.05) is 30.3 Å². The van der Waals surface area contributed by atoms with Gasteiger partial charge in [-0.05, 0) is 25.3 Å². The molecule has 0 aliphatic carbocycles. The zero-order valence-electron chi connectivity index (χ0n) is 12.1. The van der Waals surface area contributed by atoms with E-state index >= 15 is 0 Å². The Bertz CT molecular complexity index is 435. The van der Waals surface area contributed by atoms with Crippen LogP contribution in [0, 0.1) is 5.92 Å². The number of benzene rings is 1. The van der Waals surface area contributed by atoms with E-state index in [0.717, 1.165) is 5.56 Å². The molecule has 1 aromatic rings. The average Bonchev–Trinajstić information content (AvgIpc) is 2.29. The molecule has 1 rings (SSSR count). The Balaban J connectivity index is 0. The Morgan fingerprint density at radius 3 is 2.10 bits per heavy atom. The molecule has 10 N–H and O–H groups in total. The van der Waals surface area contributed by atoms with Crippen LogP contribution in [0.2, 0.25) is 0 Å². The third kappa shape index (κ3) is 5.79. The van der Waals surface area contributed by atoms with Gasteiger partial charge in [-0.25, -0.2) is 0 Å². The summed E-state index contributed by atoms with van der Waals surface area (Å²) in [5, 5.41) is 21.8. The van der Waals surface area contributed by atoms with E-state index in [1.165, 1.54) is 6.92 Å². The highest BCUT2D eigenvalue weighted by molar-refractivity contribution is 5.77. The van der Waals surface area contributed by atoms with Crippen LogP contribution in [-0.2, 0) is 16.0 Å². The molecule has 0 unspecified atom stereocenters. The minimum absolute atomic E-state index is 0. The summed E-state index contributed by atoms with van der Waals surface area (Å²) < 4.78 is 0. The highest BCUT2D eigenvalue weighted by Crippen LogP contribution is 2.18. The van der Waals surface area contributed by atoms with E-state index in [9.17, 15) is 19.8 Å². The molecule has 0 heterocycles. The fourth-order valence-electron chi connectivity index (χ4n) is 1.73. The van der Waals surface area contributed by atoms with Crippen molar-refractivity contribution in [3.63, 3.8) is 0 Å². The van der Waals surface area contributed by atoms with Crippen LogP contribution in [0.4, 0.5) is 0 Å². The number of carbonyl (C=O) groups is 2. The van der Waals surface area contributed by atoms with Crippen LogP contribution in [-0.4, -0.2) is 17.5 Å². The van der Waals surface area contributed by atoms with Crippen molar-refractivity contribution in [2.24, 2.45) is 11.7 Å². The van der Waals surface area contributed by atoms with Crippen molar-refractivity contribution in [3.05, 3.63) is 35.9 Å². The van der Waals surface area contributed by atoms with Crippen LogP contribution < -0.4 is 28.2 Å². The van der Waals surface area contributed by atoms with Crippen molar-refractivity contribution in [2.45, 2.75) is 25.3 Å². The molecule has 0 aromatic heterocycles. The Kier molecular flexibility index (Phi) is 8.41. The zero-order chi connectivity index (χ0) is 13.8. The van der Waals surface area contributed by atoms with Crippen molar-refractivity contribution < 1.29 is 19.8 Å². The number of hydrogen-bond donors (Lipinski definition) is 3. The molecule has 0 fully saturated rings. The number of carboxylic acid groups (broad SMARTS) is 2. The van der Waals surface area contributed by atoms with Crippen molar-refractivity contribution in [1.29, 1.82) is 0 Å². The second-order valence-electron chi connectivity index (χ2n) is 4.61. The standard InChI is InChI=1S/C13H17NO4.2H3N/c1-13(14,12(17)18)8-10(11(15)16)7-9-5-3-2-4-6-9;;/h2-6,10H,7-8,14H2,1H3,(H,15,16)(H,17,18);2*1H3/t10-,13+;;/m1../s1. The van der Waals surface area contributed by atoms with Gasteiger partial charge in [0.05, 0.1) is 11.5 Å². The molecule has 0 aliphatic heterocycles. The van der Waals surface area contributed by atoms with Gasteiger partial charge in [-0.2, -0.15) is 0 Å². The molecule has 0 bridgehead atoms. The average molecular weight is 285 g/mol. The summed E-state index contributed by atoms with van der Waals surface area (Å²) in [6.45, 7) is 1.24. The van der Waals surface area contributed by atoms with Gasteiger partial charge in [0.15, 0.2) is 0 Å². The van der Waals surface area contributed by atoms with E-state index in [1.54, 1.807) is 24.3 Å². The Hall–Kier alpha value is -1.96. The minimum atomic E-state index is -1.68. The Morgan fingerprint density at radius 1 is 1.20 bits per heavy atom. The number of carbonyl (C=O) groups excluding carboxylic acids is 2. The van der Waals surface area contributed by atoms with Crippen molar-refractivity contribution in [2.75, 3.05) is 0 Å². The van der Waals surface area contributed by atoms with Crippen molar-refractivity contribution >= 4 is 11.9 Å². The normalized spacial score (nSPS) is 14.1. The monoisotopic (exact) mass is 285 g/mol. The second-order valence-corrected chi connectivity index (χ2v) is 4.61. The summed E-state index contributed by atoms with van der Waals surface area (Å²) in [6, 6.07) is 8.90. The lowest BCUT2D eigenvalue weighted by Crippen LogP contribution is -2.55. The summed E-state index contributed by atoms with van der Waals surface area (Å²) in [6.07, 6.45) is -0.0458. The van der Waals surface area contributed by atoms with Crippen LogP contribution in [0.15, 0.2) is 30.3 Å². The predicted molar refractivity (Wildman–Crippen MR) is 72.8 cm³/mol. The van der Waals surface area contributed by atoms with Gasteiger partial charge in [0.2, 0.25) is 0 Å². The summed E-state index contributed by atoms with van der Waals surface area (Å²) in [7, 11) is 0. The number of nitrogens with two attached hydrogens (primary N) is 1. The SMILES string of the molecule is C[C@](N)(C[C@@H](Cc1ccccc1)C(=O)[O-])C(=O)[O-].[NH4+].[NH4+]. The topological polar surface area (TPSA) is 179 Å². The summed E-state index contributed by atoms with van der Waals surface area (Å²) in [4.78, 5) is 21.8. The summed E-state index contributed by atoms with van der Waals surface area (Å²) in [5.41, 5.74) is 4.61. The first-order chi connectivity index (χ1) is 8.33. The lowest BCUT2D eigenvalue weighted by molar-refractivity contribution is -0.316. The lowest BCUT2D eigenvalue weighted by Gasteiger charge is -2.31. The highest BCUT2D eigenvalue weighted by Gasteiger charge is 2.26. The smallest absolute Gasteiger partial charge is 0.0611 e. The van der Waals surface area contributed by atoms with Gasteiger partial charge in [-0.3, -0.25) is 0 Å². The minimum Gasteiger partial charge on any atom is -0.550 e. The van der Waals surface area contributed by atoms with Crippen molar-refractivity contribution in [1.82, 2.24) is 12.3 Å². The van der Waals surface area contributed by atoms with E-state index < -0.39 is 23.4 Å². The van der Waals surface area contributed by atoms with Gasteiger partial charge >= 0.3 is 0 Å². The molecule has 7 heteroatoms. The van der Waals surface area contributed by atoms with Crippen LogP contribution in [0.3, 0.4) is 0 Å². The van der Waals surface area contributed by atoms with E-state index in [-0.39, 0.29) is 25.1 Å². The third-order valence-corrected chi connectivity index (χ3v) is 2.80. The Morgan fingerprint density at radius 2 is 1.70 bits per heavy atom. The zero-order valence-corrected chi connectivity index (χ0v) is 12.1. The molecule has 0 amide bonds. The quantitative estimate of drug-likeness (QED) is 0.618. The maximum Gasteiger partial charge on any atom is 0.0611 e. The molecule has 0 aliphatic rings. The van der Waals surface area contributed by atoms with Crippen LogP contribution in [0.5, 0.6) is 0 Å². The van der Waals surface area contributed by atoms with Gasteiger partial charge < -0.3 is 37.8 Å². The lowest BCUT2D eigenvalue weighted by atomic mass is 9.86. The number of aliphatic carboxylic acids is 2. The van der Waals surface area contributed by atoms with Crippen LogP contribution in [0.25, 0.3) is 0 Å². The largest absolute Gasteiger partial charge is 0.550 e. The Labute approximate surface area is 118 Å².